The fourth-order valence-corrected chi connectivity index (χ4v) is 3.37. The predicted molar refractivity (Wildman–Crippen MR) is 84.7 cm³/mol. The van der Waals surface area contributed by atoms with Gasteiger partial charge in [0, 0.05) is 20.6 Å². The lowest BCUT2D eigenvalue weighted by Crippen LogP contribution is -2.31. The number of likely N-dealkylation sites (N-methyl/N-ethyl adjacent to an activating group) is 1. The van der Waals surface area contributed by atoms with Crippen LogP contribution >= 0.6 is 11.6 Å². The minimum absolute atomic E-state index is 0.0895. The summed E-state index contributed by atoms with van der Waals surface area (Å²) in [6.07, 6.45) is 1.37. The molecule has 0 unspecified atom stereocenters. The van der Waals surface area contributed by atoms with Gasteiger partial charge >= 0.3 is 0 Å². The lowest BCUT2D eigenvalue weighted by atomic mass is 10.2. The molecule has 1 aromatic heterocycles. The number of nitrogens with zero attached hydrogens (tertiary/aromatic N) is 3. The first-order chi connectivity index (χ1) is 10.3. The van der Waals surface area contributed by atoms with Crippen LogP contribution in [0.3, 0.4) is 0 Å². The predicted octanol–water partition coefficient (Wildman–Crippen LogP) is 2.08. The van der Waals surface area contributed by atoms with Gasteiger partial charge in [-0.15, -0.1) is 0 Å². The second kappa shape index (κ2) is 6.68. The van der Waals surface area contributed by atoms with Crippen molar-refractivity contribution in [1.29, 1.82) is 0 Å². The summed E-state index contributed by atoms with van der Waals surface area (Å²) in [6.45, 7) is 2.37. The van der Waals surface area contributed by atoms with Crippen LogP contribution in [0.2, 0.25) is 5.15 Å². The highest BCUT2D eigenvalue weighted by Gasteiger charge is 2.27. The van der Waals surface area contributed by atoms with Crippen LogP contribution in [0.4, 0.5) is 0 Å². The summed E-state index contributed by atoms with van der Waals surface area (Å²) in [5.74, 6) is 0.740. The summed E-state index contributed by atoms with van der Waals surface area (Å²) in [6, 6.07) is 7.57. The Morgan fingerprint density at radius 3 is 2.64 bits per heavy atom. The Hall–Kier alpha value is -1.57. The molecule has 120 valence electrons. The van der Waals surface area contributed by atoms with E-state index < -0.39 is 10.0 Å². The highest BCUT2D eigenvalue weighted by Crippen LogP contribution is 2.22. The Labute approximate surface area is 135 Å². The quantitative estimate of drug-likeness (QED) is 0.805. The van der Waals surface area contributed by atoms with Crippen LogP contribution in [0.5, 0.6) is 5.75 Å². The lowest BCUT2D eigenvalue weighted by molar-refractivity contribution is 0.285. The summed E-state index contributed by atoms with van der Waals surface area (Å²) >= 11 is 5.95. The molecule has 8 heteroatoms. The van der Waals surface area contributed by atoms with Crippen LogP contribution in [-0.4, -0.2) is 42.5 Å². The number of sulfonamides is 1. The van der Waals surface area contributed by atoms with Crippen molar-refractivity contribution in [3.63, 3.8) is 0 Å². The topological polar surface area (TPSA) is 64.4 Å². The van der Waals surface area contributed by atoms with Gasteiger partial charge in [-0.3, -0.25) is 0 Å². The average molecular weight is 344 g/mol. The summed E-state index contributed by atoms with van der Waals surface area (Å²) in [5, 5.41) is -0.0540. The molecule has 0 saturated carbocycles. The first kappa shape index (κ1) is 16.8. The Kier molecular flexibility index (Phi) is 5.10. The Morgan fingerprint density at radius 1 is 1.36 bits per heavy atom. The fraction of sp³-hybridized carbons (Fsp3) is 0.357. The largest absolute Gasteiger partial charge is 0.492 e. The molecule has 0 spiro atoms. The zero-order valence-corrected chi connectivity index (χ0v) is 14.2. The number of ether oxygens (including phenoxy) is 1. The maximum absolute atomic E-state index is 12.4. The van der Waals surface area contributed by atoms with Crippen LogP contribution < -0.4 is 4.74 Å². The van der Waals surface area contributed by atoms with Crippen molar-refractivity contribution in [3.8, 4) is 5.75 Å². The molecule has 0 fully saturated rings. The molecule has 1 heterocycles. The van der Waals surface area contributed by atoms with Gasteiger partial charge in [0.2, 0.25) is 5.03 Å². The van der Waals surface area contributed by atoms with Gasteiger partial charge in [0.05, 0.1) is 6.33 Å². The molecule has 6 nitrogen and oxygen atoms in total. The van der Waals surface area contributed by atoms with Crippen molar-refractivity contribution in [3.05, 3.63) is 41.3 Å². The summed E-state index contributed by atoms with van der Waals surface area (Å²) in [4.78, 5) is 3.85. The molecule has 0 amide bonds. The normalized spacial score (nSPS) is 11.9. The standard InChI is InChI=1S/C14H18ClN3O3S/c1-11-6-4-5-7-12(11)21-9-8-18(3)22(19,20)14-13(15)17(2)10-16-14/h4-7,10H,8-9H2,1-3H3. The van der Waals surface area contributed by atoms with E-state index in [1.165, 1.54) is 22.2 Å². The van der Waals surface area contributed by atoms with Gasteiger partial charge in [0.1, 0.15) is 17.5 Å². The van der Waals surface area contributed by atoms with Crippen molar-refractivity contribution in [1.82, 2.24) is 13.9 Å². The van der Waals surface area contributed by atoms with Crippen molar-refractivity contribution < 1.29 is 13.2 Å². The third kappa shape index (κ3) is 3.43. The minimum Gasteiger partial charge on any atom is -0.492 e. The highest BCUT2D eigenvalue weighted by atomic mass is 35.5. The molecule has 0 saturated heterocycles. The molecular formula is C14H18ClN3O3S. The van der Waals surface area contributed by atoms with Crippen LogP contribution in [0, 0.1) is 6.92 Å². The fourth-order valence-electron chi connectivity index (χ4n) is 1.84. The molecule has 0 radical (unpaired) electrons. The third-order valence-corrected chi connectivity index (χ3v) is 5.59. The lowest BCUT2D eigenvalue weighted by Gasteiger charge is -2.17. The van der Waals surface area contributed by atoms with Crippen molar-refractivity contribution >= 4 is 21.6 Å². The zero-order chi connectivity index (χ0) is 16.3. The first-order valence-corrected chi connectivity index (χ1v) is 8.47. The van der Waals surface area contributed by atoms with Crippen molar-refractivity contribution in [2.75, 3.05) is 20.2 Å². The van der Waals surface area contributed by atoms with Gasteiger partial charge in [0.15, 0.2) is 0 Å². The SMILES string of the molecule is Cc1ccccc1OCCN(C)S(=O)(=O)c1ncn(C)c1Cl. The molecule has 2 rings (SSSR count). The third-order valence-electron chi connectivity index (χ3n) is 3.25. The van der Waals surface area contributed by atoms with Gasteiger partial charge in [-0.1, -0.05) is 29.8 Å². The van der Waals surface area contributed by atoms with Gasteiger partial charge in [-0.25, -0.2) is 13.4 Å². The van der Waals surface area contributed by atoms with E-state index in [9.17, 15) is 8.42 Å². The number of hydrogen-bond acceptors (Lipinski definition) is 4. The Morgan fingerprint density at radius 2 is 2.05 bits per heavy atom. The van der Waals surface area contributed by atoms with E-state index >= 15 is 0 Å². The molecule has 0 aliphatic rings. The van der Waals surface area contributed by atoms with E-state index in [1.54, 1.807) is 7.05 Å². The number of rotatable bonds is 6. The highest BCUT2D eigenvalue weighted by molar-refractivity contribution is 7.89. The molecule has 0 bridgehead atoms. The Bertz CT molecular complexity index is 758. The number of aryl methyl sites for hydroxylation is 2. The van der Waals surface area contributed by atoms with E-state index in [0.717, 1.165) is 11.3 Å². The molecule has 22 heavy (non-hydrogen) atoms. The Balaban J connectivity index is 2.01. The number of hydrogen-bond donors (Lipinski definition) is 0. The summed E-state index contributed by atoms with van der Waals surface area (Å²) in [7, 11) is -0.616. The average Bonchev–Trinajstić information content (AvgIpc) is 2.81. The van der Waals surface area contributed by atoms with Crippen molar-refractivity contribution in [2.24, 2.45) is 7.05 Å². The molecule has 1 aromatic carbocycles. The number of para-hydroxylation sites is 1. The maximum atomic E-state index is 12.4. The van der Waals surface area contributed by atoms with E-state index in [0.29, 0.717) is 0 Å². The van der Waals surface area contributed by atoms with Crippen LogP contribution in [0.15, 0.2) is 35.6 Å². The first-order valence-electron chi connectivity index (χ1n) is 6.65. The molecule has 0 N–H and O–H groups in total. The molecule has 0 atom stereocenters. The van der Waals surface area contributed by atoms with E-state index in [1.807, 2.05) is 31.2 Å². The summed E-state index contributed by atoms with van der Waals surface area (Å²) in [5.41, 5.74) is 1.00. The summed E-state index contributed by atoms with van der Waals surface area (Å²) < 4.78 is 33.0. The second-order valence-electron chi connectivity index (χ2n) is 4.89. The zero-order valence-electron chi connectivity index (χ0n) is 12.7. The number of aromatic nitrogens is 2. The van der Waals surface area contributed by atoms with E-state index in [2.05, 4.69) is 4.98 Å². The number of benzene rings is 1. The van der Waals surface area contributed by atoms with Crippen LogP contribution in [0.1, 0.15) is 5.56 Å². The second-order valence-corrected chi connectivity index (χ2v) is 7.21. The van der Waals surface area contributed by atoms with E-state index in [-0.39, 0.29) is 23.3 Å². The van der Waals surface area contributed by atoms with Gasteiger partial charge < -0.3 is 9.30 Å². The number of imidazole rings is 1. The molecule has 2 aromatic rings. The van der Waals surface area contributed by atoms with Crippen molar-refractivity contribution in [2.45, 2.75) is 11.9 Å². The molecule has 0 aliphatic heterocycles. The van der Waals surface area contributed by atoms with E-state index in [4.69, 9.17) is 16.3 Å². The number of halogens is 1. The van der Waals surface area contributed by atoms with Crippen LogP contribution in [0.25, 0.3) is 0 Å². The van der Waals surface area contributed by atoms with Gasteiger partial charge in [-0.2, -0.15) is 4.31 Å². The molecule has 0 aliphatic carbocycles. The minimum atomic E-state index is -3.72. The maximum Gasteiger partial charge on any atom is 0.263 e. The van der Waals surface area contributed by atoms with Crippen LogP contribution in [-0.2, 0) is 17.1 Å². The van der Waals surface area contributed by atoms with Gasteiger partial charge in [-0.05, 0) is 18.6 Å². The van der Waals surface area contributed by atoms with Gasteiger partial charge in [0.25, 0.3) is 10.0 Å². The molecular weight excluding hydrogens is 326 g/mol. The monoisotopic (exact) mass is 343 g/mol. The smallest absolute Gasteiger partial charge is 0.263 e.